The van der Waals surface area contributed by atoms with Crippen molar-refractivity contribution in [3.63, 3.8) is 0 Å². The first kappa shape index (κ1) is 13.5. The monoisotopic (exact) mass is 268 g/mol. The standard InChI is InChI=1S/C12H20N4OS/c1-10(16-6-4-13-5-7-16)12(17)14-3-2-11-8-18-9-15-11/h8-10,13H,2-7H2,1H3,(H,14,17). The van der Waals surface area contributed by atoms with Crippen molar-refractivity contribution >= 4 is 17.2 Å². The predicted molar refractivity (Wildman–Crippen MR) is 72.7 cm³/mol. The van der Waals surface area contributed by atoms with Gasteiger partial charge in [0.15, 0.2) is 0 Å². The Bertz CT molecular complexity index is 362. The summed E-state index contributed by atoms with van der Waals surface area (Å²) in [6.45, 7) is 6.47. The minimum Gasteiger partial charge on any atom is -0.354 e. The number of carbonyl (C=O) groups is 1. The van der Waals surface area contributed by atoms with Gasteiger partial charge in [-0.25, -0.2) is 4.98 Å². The number of carbonyl (C=O) groups excluding carboxylic acids is 1. The summed E-state index contributed by atoms with van der Waals surface area (Å²) in [6.07, 6.45) is 0.809. The molecule has 2 rings (SSSR count). The van der Waals surface area contributed by atoms with Crippen LogP contribution in [0.1, 0.15) is 12.6 Å². The predicted octanol–water partition coefficient (Wildman–Crippen LogP) is 0.0955. The van der Waals surface area contributed by atoms with Gasteiger partial charge in [-0.1, -0.05) is 0 Å². The molecule has 100 valence electrons. The molecule has 0 radical (unpaired) electrons. The Kier molecular flexibility index (Phi) is 5.10. The summed E-state index contributed by atoms with van der Waals surface area (Å²) in [4.78, 5) is 18.4. The maximum atomic E-state index is 12.0. The second kappa shape index (κ2) is 6.82. The molecule has 1 amide bonds. The van der Waals surface area contributed by atoms with E-state index < -0.39 is 0 Å². The van der Waals surface area contributed by atoms with Crippen LogP contribution in [0.15, 0.2) is 10.9 Å². The summed E-state index contributed by atoms with van der Waals surface area (Å²) in [5.74, 6) is 0.118. The van der Waals surface area contributed by atoms with E-state index >= 15 is 0 Å². The fourth-order valence-corrected chi connectivity index (χ4v) is 2.65. The van der Waals surface area contributed by atoms with E-state index in [0.717, 1.165) is 38.3 Å². The molecule has 2 N–H and O–H groups in total. The number of nitrogens with zero attached hydrogens (tertiary/aromatic N) is 2. The molecule has 2 heterocycles. The molecule has 1 aliphatic rings. The maximum absolute atomic E-state index is 12.0. The average molecular weight is 268 g/mol. The second-order valence-electron chi connectivity index (χ2n) is 4.48. The van der Waals surface area contributed by atoms with Crippen LogP contribution in [-0.4, -0.2) is 54.6 Å². The third-order valence-corrected chi connectivity index (χ3v) is 3.88. The van der Waals surface area contributed by atoms with Gasteiger partial charge in [0.2, 0.25) is 5.91 Å². The molecular weight excluding hydrogens is 248 g/mol. The summed E-state index contributed by atoms with van der Waals surface area (Å²) in [6, 6.07) is -0.0393. The lowest BCUT2D eigenvalue weighted by Gasteiger charge is -2.31. The van der Waals surface area contributed by atoms with E-state index in [1.165, 1.54) is 0 Å². The Morgan fingerprint density at radius 3 is 3.06 bits per heavy atom. The minimum atomic E-state index is -0.0393. The lowest BCUT2D eigenvalue weighted by Crippen LogP contribution is -2.52. The fraction of sp³-hybridized carbons (Fsp3) is 0.667. The van der Waals surface area contributed by atoms with Crippen molar-refractivity contribution in [1.29, 1.82) is 0 Å². The van der Waals surface area contributed by atoms with Crippen LogP contribution in [0.25, 0.3) is 0 Å². The van der Waals surface area contributed by atoms with Crippen LogP contribution in [0, 0.1) is 0 Å². The molecule has 0 bridgehead atoms. The highest BCUT2D eigenvalue weighted by Gasteiger charge is 2.22. The zero-order chi connectivity index (χ0) is 12.8. The number of nitrogens with one attached hydrogen (secondary N) is 2. The molecule has 5 nitrogen and oxygen atoms in total. The molecule has 1 fully saturated rings. The number of hydrogen-bond donors (Lipinski definition) is 2. The molecule has 1 saturated heterocycles. The van der Waals surface area contributed by atoms with E-state index in [-0.39, 0.29) is 11.9 Å². The summed E-state index contributed by atoms with van der Waals surface area (Å²) >= 11 is 1.59. The van der Waals surface area contributed by atoms with E-state index in [1.54, 1.807) is 11.3 Å². The van der Waals surface area contributed by atoms with Crippen molar-refractivity contribution < 1.29 is 4.79 Å². The summed E-state index contributed by atoms with van der Waals surface area (Å²) in [5.41, 5.74) is 2.87. The van der Waals surface area contributed by atoms with Crippen molar-refractivity contribution in [3.8, 4) is 0 Å². The zero-order valence-corrected chi connectivity index (χ0v) is 11.5. The van der Waals surface area contributed by atoms with Crippen molar-refractivity contribution in [3.05, 3.63) is 16.6 Å². The van der Waals surface area contributed by atoms with Gasteiger partial charge in [0, 0.05) is 44.5 Å². The van der Waals surface area contributed by atoms with Crippen LogP contribution >= 0.6 is 11.3 Å². The second-order valence-corrected chi connectivity index (χ2v) is 5.20. The van der Waals surface area contributed by atoms with Gasteiger partial charge in [-0.3, -0.25) is 9.69 Å². The smallest absolute Gasteiger partial charge is 0.237 e. The summed E-state index contributed by atoms with van der Waals surface area (Å²) in [5, 5.41) is 8.29. The van der Waals surface area contributed by atoms with Crippen molar-refractivity contribution in [2.75, 3.05) is 32.7 Å². The first-order valence-corrected chi connectivity index (χ1v) is 7.31. The van der Waals surface area contributed by atoms with E-state index in [2.05, 4.69) is 20.5 Å². The number of piperazine rings is 1. The molecule has 0 spiro atoms. The number of rotatable bonds is 5. The third-order valence-electron chi connectivity index (χ3n) is 3.24. The Balaban J connectivity index is 1.70. The third kappa shape index (κ3) is 3.76. The first-order chi connectivity index (χ1) is 8.77. The lowest BCUT2D eigenvalue weighted by atomic mass is 10.2. The van der Waals surface area contributed by atoms with E-state index in [4.69, 9.17) is 0 Å². The van der Waals surface area contributed by atoms with E-state index in [1.807, 2.05) is 17.8 Å². The molecule has 1 aliphatic heterocycles. The topological polar surface area (TPSA) is 57.3 Å². The normalized spacial score (nSPS) is 18.5. The van der Waals surface area contributed by atoms with Gasteiger partial charge in [-0.15, -0.1) is 11.3 Å². The molecule has 1 aromatic heterocycles. The highest BCUT2D eigenvalue weighted by molar-refractivity contribution is 7.07. The Morgan fingerprint density at radius 1 is 1.61 bits per heavy atom. The maximum Gasteiger partial charge on any atom is 0.237 e. The highest BCUT2D eigenvalue weighted by Crippen LogP contribution is 2.02. The van der Waals surface area contributed by atoms with E-state index in [0.29, 0.717) is 6.54 Å². The summed E-state index contributed by atoms with van der Waals surface area (Å²) in [7, 11) is 0. The van der Waals surface area contributed by atoms with Crippen LogP contribution < -0.4 is 10.6 Å². The van der Waals surface area contributed by atoms with Gasteiger partial charge in [0.25, 0.3) is 0 Å². The Labute approximate surface area is 112 Å². The van der Waals surface area contributed by atoms with Gasteiger partial charge in [-0.2, -0.15) is 0 Å². The molecular formula is C12H20N4OS. The first-order valence-electron chi connectivity index (χ1n) is 6.37. The molecule has 0 aromatic carbocycles. The van der Waals surface area contributed by atoms with Gasteiger partial charge in [0.05, 0.1) is 17.2 Å². The van der Waals surface area contributed by atoms with E-state index in [9.17, 15) is 4.79 Å². The van der Waals surface area contributed by atoms with Crippen molar-refractivity contribution in [2.24, 2.45) is 0 Å². The number of aromatic nitrogens is 1. The minimum absolute atomic E-state index is 0.0393. The number of thiazole rings is 1. The SMILES string of the molecule is CC(C(=O)NCCc1cscn1)N1CCNCC1. The lowest BCUT2D eigenvalue weighted by molar-refractivity contribution is -0.126. The molecule has 0 aliphatic carbocycles. The van der Waals surface area contributed by atoms with Crippen LogP contribution in [-0.2, 0) is 11.2 Å². The molecule has 0 saturated carbocycles. The van der Waals surface area contributed by atoms with Crippen LogP contribution in [0.2, 0.25) is 0 Å². The number of hydrogen-bond acceptors (Lipinski definition) is 5. The fourth-order valence-electron chi connectivity index (χ4n) is 2.06. The molecule has 1 atom stereocenters. The van der Waals surface area contributed by atoms with Crippen LogP contribution in [0.5, 0.6) is 0 Å². The quantitative estimate of drug-likeness (QED) is 0.795. The zero-order valence-electron chi connectivity index (χ0n) is 10.7. The van der Waals surface area contributed by atoms with Gasteiger partial charge in [-0.05, 0) is 6.92 Å². The molecule has 1 unspecified atom stereocenters. The largest absolute Gasteiger partial charge is 0.354 e. The Hall–Kier alpha value is -0.980. The van der Waals surface area contributed by atoms with Crippen molar-refractivity contribution in [1.82, 2.24) is 20.5 Å². The van der Waals surface area contributed by atoms with Crippen LogP contribution in [0.3, 0.4) is 0 Å². The highest BCUT2D eigenvalue weighted by atomic mass is 32.1. The van der Waals surface area contributed by atoms with Gasteiger partial charge in [0.1, 0.15) is 0 Å². The molecule has 18 heavy (non-hydrogen) atoms. The average Bonchev–Trinajstić information content (AvgIpc) is 2.92. The molecule has 1 aromatic rings. The number of amides is 1. The Morgan fingerprint density at radius 2 is 2.39 bits per heavy atom. The molecule has 6 heteroatoms. The van der Waals surface area contributed by atoms with Crippen molar-refractivity contribution in [2.45, 2.75) is 19.4 Å². The van der Waals surface area contributed by atoms with Crippen LogP contribution in [0.4, 0.5) is 0 Å². The van der Waals surface area contributed by atoms with Gasteiger partial charge >= 0.3 is 0 Å². The summed E-state index contributed by atoms with van der Waals surface area (Å²) < 4.78 is 0. The van der Waals surface area contributed by atoms with Gasteiger partial charge < -0.3 is 10.6 Å².